The first-order valence-corrected chi connectivity index (χ1v) is 11.6. The van der Waals surface area contributed by atoms with Crippen molar-refractivity contribution in [2.24, 2.45) is 0 Å². The Hall–Kier alpha value is -4.04. The van der Waals surface area contributed by atoms with Gasteiger partial charge in [-0.1, -0.05) is 30.0 Å². The first-order valence-electron chi connectivity index (χ1n) is 11.6. The number of hydrogen-bond donors (Lipinski definition) is 3. The molecular formula is C25H27FN6O4. The number of benzene rings is 1. The Morgan fingerprint density at radius 1 is 1.14 bits per heavy atom. The van der Waals surface area contributed by atoms with E-state index in [1.54, 1.807) is 0 Å². The Morgan fingerprint density at radius 2 is 1.86 bits per heavy atom. The molecule has 0 spiro atoms. The van der Waals surface area contributed by atoms with E-state index in [9.17, 15) is 18.8 Å². The lowest BCUT2D eigenvalue weighted by atomic mass is 10.1. The molecule has 0 aliphatic carbocycles. The van der Waals surface area contributed by atoms with Gasteiger partial charge in [-0.25, -0.2) is 19.2 Å². The minimum absolute atomic E-state index is 0.0270. The maximum absolute atomic E-state index is 13.4. The predicted molar refractivity (Wildman–Crippen MR) is 128 cm³/mol. The van der Waals surface area contributed by atoms with Crippen molar-refractivity contribution in [2.45, 2.75) is 37.1 Å². The standard InChI is InChI=1S/C25H27FN6O4/c1-36-25(35)32-15-19(31-23(33)21-9-18(26)13-27-21)10-20(32)14-30-24(34)22-28-11-17(12-29-22)8-7-16-5-3-2-4-6-16/h2-6,11-12,18-21,27H,9-10,13-15H2,1H3,(H,30,34)(H,31,33)/t18-,19+,20+,21-/m0/s1. The van der Waals surface area contributed by atoms with Gasteiger partial charge in [0.1, 0.15) is 6.17 Å². The highest BCUT2D eigenvalue weighted by molar-refractivity contribution is 5.90. The van der Waals surface area contributed by atoms with Crippen LogP contribution in [0.2, 0.25) is 0 Å². The van der Waals surface area contributed by atoms with E-state index in [0.717, 1.165) is 5.56 Å². The van der Waals surface area contributed by atoms with Gasteiger partial charge in [0, 0.05) is 50.1 Å². The molecule has 188 valence electrons. The zero-order chi connectivity index (χ0) is 25.5. The summed E-state index contributed by atoms with van der Waals surface area (Å²) in [6.45, 7) is 0.484. The van der Waals surface area contributed by atoms with Crippen LogP contribution in [0.3, 0.4) is 0 Å². The fourth-order valence-corrected chi connectivity index (χ4v) is 4.21. The Morgan fingerprint density at radius 3 is 2.53 bits per heavy atom. The van der Waals surface area contributed by atoms with Gasteiger partial charge in [-0.05, 0) is 18.6 Å². The molecule has 0 radical (unpaired) electrons. The summed E-state index contributed by atoms with van der Waals surface area (Å²) in [6.07, 6.45) is 1.85. The second kappa shape index (κ2) is 11.6. The smallest absolute Gasteiger partial charge is 0.409 e. The molecule has 3 amide bonds. The molecule has 4 rings (SSSR count). The van der Waals surface area contributed by atoms with Crippen molar-refractivity contribution in [1.82, 2.24) is 30.8 Å². The molecule has 0 unspecified atom stereocenters. The highest BCUT2D eigenvalue weighted by atomic mass is 19.1. The number of halogens is 1. The lowest BCUT2D eigenvalue weighted by molar-refractivity contribution is -0.123. The highest BCUT2D eigenvalue weighted by Crippen LogP contribution is 2.19. The number of nitrogens with zero attached hydrogens (tertiary/aromatic N) is 3. The monoisotopic (exact) mass is 494 g/mol. The predicted octanol–water partition coefficient (Wildman–Crippen LogP) is 0.632. The molecule has 2 fully saturated rings. The maximum Gasteiger partial charge on any atom is 0.409 e. The van der Waals surface area contributed by atoms with Crippen molar-refractivity contribution < 1.29 is 23.5 Å². The van der Waals surface area contributed by atoms with Crippen LogP contribution in [-0.4, -0.2) is 83.8 Å². The molecular weight excluding hydrogens is 467 g/mol. The molecule has 1 aromatic carbocycles. The fraction of sp³-hybridized carbons (Fsp3) is 0.400. The molecule has 3 N–H and O–H groups in total. The van der Waals surface area contributed by atoms with Gasteiger partial charge in [0.05, 0.1) is 24.8 Å². The van der Waals surface area contributed by atoms with Gasteiger partial charge in [-0.2, -0.15) is 0 Å². The molecule has 0 saturated carbocycles. The number of carbonyl (C=O) groups is 3. The SMILES string of the molecule is COC(=O)N1C[C@H](NC(=O)[C@@H]2C[C@H](F)CN2)C[C@@H]1CNC(=O)c1ncc(C#Cc2ccccc2)cn1. The second-order valence-corrected chi connectivity index (χ2v) is 8.63. The molecule has 2 saturated heterocycles. The largest absolute Gasteiger partial charge is 0.453 e. The van der Waals surface area contributed by atoms with Crippen molar-refractivity contribution in [3.05, 3.63) is 59.7 Å². The average molecular weight is 495 g/mol. The molecule has 11 heteroatoms. The summed E-state index contributed by atoms with van der Waals surface area (Å²) in [5, 5.41) is 8.44. The lowest BCUT2D eigenvalue weighted by Crippen LogP contribution is -2.46. The van der Waals surface area contributed by atoms with Crippen LogP contribution in [0, 0.1) is 11.8 Å². The quantitative estimate of drug-likeness (QED) is 0.521. The number of ether oxygens (including phenoxy) is 1. The third-order valence-electron chi connectivity index (χ3n) is 6.04. The second-order valence-electron chi connectivity index (χ2n) is 8.63. The Kier molecular flexibility index (Phi) is 8.07. The molecule has 2 aromatic rings. The normalized spacial score (nSPS) is 22.9. The highest BCUT2D eigenvalue weighted by Gasteiger charge is 2.38. The number of carbonyl (C=O) groups excluding carboxylic acids is 3. The number of rotatable bonds is 5. The van der Waals surface area contributed by atoms with E-state index < -0.39 is 30.3 Å². The number of likely N-dealkylation sites (tertiary alicyclic amines) is 1. The average Bonchev–Trinajstić information content (AvgIpc) is 3.52. The molecule has 3 heterocycles. The number of hydrogen-bond acceptors (Lipinski definition) is 7. The van der Waals surface area contributed by atoms with Crippen LogP contribution in [0.5, 0.6) is 0 Å². The van der Waals surface area contributed by atoms with E-state index in [1.807, 2.05) is 30.3 Å². The summed E-state index contributed by atoms with van der Waals surface area (Å²) in [4.78, 5) is 46.9. The zero-order valence-corrected chi connectivity index (χ0v) is 19.7. The Balaban J connectivity index is 1.32. The topological polar surface area (TPSA) is 126 Å². The van der Waals surface area contributed by atoms with Gasteiger partial charge in [-0.15, -0.1) is 0 Å². The minimum atomic E-state index is -1.05. The minimum Gasteiger partial charge on any atom is -0.453 e. The van der Waals surface area contributed by atoms with E-state index >= 15 is 0 Å². The van der Waals surface area contributed by atoms with Gasteiger partial charge in [0.15, 0.2) is 0 Å². The van der Waals surface area contributed by atoms with Gasteiger partial charge >= 0.3 is 6.09 Å². The summed E-state index contributed by atoms with van der Waals surface area (Å²) >= 11 is 0. The van der Waals surface area contributed by atoms with Crippen LogP contribution in [0.1, 0.15) is 34.6 Å². The van der Waals surface area contributed by atoms with E-state index in [-0.39, 0.29) is 43.8 Å². The van der Waals surface area contributed by atoms with Crippen LogP contribution in [0.15, 0.2) is 42.7 Å². The van der Waals surface area contributed by atoms with Gasteiger partial charge in [0.2, 0.25) is 11.7 Å². The zero-order valence-electron chi connectivity index (χ0n) is 19.7. The number of aromatic nitrogens is 2. The Labute approximate surface area is 208 Å². The van der Waals surface area contributed by atoms with Crippen molar-refractivity contribution in [3.63, 3.8) is 0 Å². The summed E-state index contributed by atoms with van der Waals surface area (Å²) in [6, 6.07) is 8.11. The summed E-state index contributed by atoms with van der Waals surface area (Å²) in [7, 11) is 1.27. The summed E-state index contributed by atoms with van der Waals surface area (Å²) in [5.74, 6) is 5.11. The molecule has 2 aliphatic rings. The summed E-state index contributed by atoms with van der Waals surface area (Å²) in [5.41, 5.74) is 1.42. The van der Waals surface area contributed by atoms with Gasteiger partial charge < -0.3 is 25.6 Å². The number of alkyl halides is 1. The number of methoxy groups -OCH3 is 1. The Bertz CT molecular complexity index is 1150. The van der Waals surface area contributed by atoms with Crippen molar-refractivity contribution in [1.29, 1.82) is 0 Å². The first-order chi connectivity index (χ1) is 17.4. The molecule has 4 atom stereocenters. The van der Waals surface area contributed by atoms with Crippen LogP contribution in [0.4, 0.5) is 9.18 Å². The van der Waals surface area contributed by atoms with E-state index in [2.05, 4.69) is 37.8 Å². The van der Waals surface area contributed by atoms with Gasteiger partial charge in [0.25, 0.3) is 5.91 Å². The molecule has 10 nitrogen and oxygen atoms in total. The third kappa shape index (κ3) is 6.34. The van der Waals surface area contributed by atoms with Crippen LogP contribution in [0.25, 0.3) is 0 Å². The summed E-state index contributed by atoms with van der Waals surface area (Å²) < 4.78 is 18.3. The maximum atomic E-state index is 13.4. The number of amides is 3. The molecule has 2 aliphatic heterocycles. The molecule has 1 aromatic heterocycles. The van der Waals surface area contributed by atoms with Crippen LogP contribution < -0.4 is 16.0 Å². The first kappa shape index (κ1) is 25.1. The lowest BCUT2D eigenvalue weighted by Gasteiger charge is -2.23. The fourth-order valence-electron chi connectivity index (χ4n) is 4.21. The van der Waals surface area contributed by atoms with Crippen LogP contribution >= 0.6 is 0 Å². The van der Waals surface area contributed by atoms with Gasteiger partial charge in [-0.3, -0.25) is 9.59 Å². The van der Waals surface area contributed by atoms with Crippen molar-refractivity contribution in [2.75, 3.05) is 26.7 Å². The molecule has 36 heavy (non-hydrogen) atoms. The van der Waals surface area contributed by atoms with E-state index in [4.69, 9.17) is 4.74 Å². The van der Waals surface area contributed by atoms with Crippen LogP contribution in [-0.2, 0) is 9.53 Å². The molecule has 0 bridgehead atoms. The van der Waals surface area contributed by atoms with Crippen molar-refractivity contribution in [3.8, 4) is 11.8 Å². The van der Waals surface area contributed by atoms with E-state index in [1.165, 1.54) is 24.4 Å². The third-order valence-corrected chi connectivity index (χ3v) is 6.04. The van der Waals surface area contributed by atoms with E-state index in [0.29, 0.717) is 12.0 Å². The number of nitrogens with one attached hydrogen (secondary N) is 3. The van der Waals surface area contributed by atoms with Crippen molar-refractivity contribution >= 4 is 17.9 Å².